The molecule has 0 heterocycles. The average Bonchev–Trinajstić information content (AvgIpc) is 2.35. The maximum Gasteiger partial charge on any atom is 0.135 e. The van der Waals surface area contributed by atoms with Crippen LogP contribution in [0.25, 0.3) is 0 Å². The van der Waals surface area contributed by atoms with Crippen molar-refractivity contribution in [3.63, 3.8) is 0 Å². The van der Waals surface area contributed by atoms with Crippen molar-refractivity contribution in [2.45, 2.75) is 38.4 Å². The van der Waals surface area contributed by atoms with Crippen LogP contribution >= 0.6 is 0 Å². The van der Waals surface area contributed by atoms with Crippen LogP contribution in [0.4, 0.5) is 8.78 Å². The molecule has 1 unspecified atom stereocenters. The smallest absolute Gasteiger partial charge is 0.135 e. The van der Waals surface area contributed by atoms with Gasteiger partial charge in [-0.3, -0.25) is 0 Å². The zero-order chi connectivity index (χ0) is 14.7. The lowest BCUT2D eigenvalue weighted by Gasteiger charge is -2.36. The van der Waals surface area contributed by atoms with Gasteiger partial charge < -0.3 is 14.6 Å². The minimum Gasteiger partial charge on any atom is -0.497 e. The highest BCUT2D eigenvalue weighted by Gasteiger charge is 2.32. The van der Waals surface area contributed by atoms with Crippen LogP contribution in [-0.2, 0) is 4.74 Å². The summed E-state index contributed by atoms with van der Waals surface area (Å²) in [5, 5.41) is 10.0. The van der Waals surface area contributed by atoms with E-state index in [0.717, 1.165) is 25.0 Å². The molecule has 1 N–H and O–H groups in total. The minimum absolute atomic E-state index is 0.107. The number of benzene rings is 1. The van der Waals surface area contributed by atoms with Crippen LogP contribution < -0.4 is 4.74 Å². The van der Waals surface area contributed by atoms with Gasteiger partial charge in [0.25, 0.3) is 0 Å². The van der Waals surface area contributed by atoms with Crippen molar-refractivity contribution in [3.05, 3.63) is 29.3 Å². The summed E-state index contributed by atoms with van der Waals surface area (Å²) in [4.78, 5) is 0. The monoisotopic (exact) mass is 286 g/mol. The molecule has 112 valence electrons. The summed E-state index contributed by atoms with van der Waals surface area (Å²) in [7, 11) is 1.34. The van der Waals surface area contributed by atoms with Crippen LogP contribution in [0.1, 0.15) is 37.9 Å². The fourth-order valence-electron chi connectivity index (χ4n) is 2.67. The molecular formula is C15H20F2O3. The highest BCUT2D eigenvalue weighted by Crippen LogP contribution is 2.38. The third-order valence-electron chi connectivity index (χ3n) is 3.77. The Kier molecular flexibility index (Phi) is 4.94. The normalized spacial score (nSPS) is 23.2. The number of halogens is 2. The number of aliphatic hydroxyl groups excluding tert-OH is 1. The quantitative estimate of drug-likeness (QED) is 0.872. The van der Waals surface area contributed by atoms with Crippen molar-refractivity contribution in [1.82, 2.24) is 0 Å². The van der Waals surface area contributed by atoms with E-state index in [1.807, 2.05) is 6.92 Å². The third kappa shape index (κ3) is 3.27. The molecule has 0 radical (unpaired) electrons. The summed E-state index contributed by atoms with van der Waals surface area (Å²) >= 11 is 0. The topological polar surface area (TPSA) is 38.7 Å². The zero-order valence-corrected chi connectivity index (χ0v) is 11.7. The number of hydrogen-bond donors (Lipinski definition) is 1. The Hall–Kier alpha value is -1.20. The van der Waals surface area contributed by atoms with Crippen molar-refractivity contribution in [3.8, 4) is 5.75 Å². The molecule has 1 aromatic carbocycles. The van der Waals surface area contributed by atoms with Gasteiger partial charge in [0.1, 0.15) is 17.4 Å². The molecule has 1 aliphatic rings. The molecule has 1 saturated carbocycles. The van der Waals surface area contributed by atoms with Crippen LogP contribution in [0.3, 0.4) is 0 Å². The van der Waals surface area contributed by atoms with Crippen LogP contribution in [0.2, 0.25) is 0 Å². The molecule has 0 aliphatic heterocycles. The van der Waals surface area contributed by atoms with Gasteiger partial charge in [-0.2, -0.15) is 0 Å². The first-order valence-electron chi connectivity index (χ1n) is 6.87. The van der Waals surface area contributed by atoms with E-state index in [1.54, 1.807) is 0 Å². The van der Waals surface area contributed by atoms with E-state index in [0.29, 0.717) is 13.0 Å². The van der Waals surface area contributed by atoms with Crippen molar-refractivity contribution in [1.29, 1.82) is 0 Å². The molecule has 3 nitrogen and oxygen atoms in total. The summed E-state index contributed by atoms with van der Waals surface area (Å²) in [5.74, 6) is -1.18. The first-order valence-corrected chi connectivity index (χ1v) is 6.87. The molecule has 1 aliphatic carbocycles. The molecule has 0 bridgehead atoms. The van der Waals surface area contributed by atoms with Crippen molar-refractivity contribution in [2.24, 2.45) is 5.92 Å². The lowest BCUT2D eigenvalue weighted by molar-refractivity contribution is -0.0385. The molecular weight excluding hydrogens is 266 g/mol. The van der Waals surface area contributed by atoms with Gasteiger partial charge in [-0.15, -0.1) is 0 Å². The second kappa shape index (κ2) is 6.50. The summed E-state index contributed by atoms with van der Waals surface area (Å²) in [5.41, 5.74) is -0.273. The fourth-order valence-corrected chi connectivity index (χ4v) is 2.67. The van der Waals surface area contributed by atoms with E-state index >= 15 is 0 Å². The molecule has 0 spiro atoms. The zero-order valence-electron chi connectivity index (χ0n) is 11.7. The number of hydrogen-bond acceptors (Lipinski definition) is 3. The van der Waals surface area contributed by atoms with Crippen LogP contribution in [-0.4, -0.2) is 24.9 Å². The summed E-state index contributed by atoms with van der Waals surface area (Å²) in [6, 6.07) is 2.18. The summed E-state index contributed by atoms with van der Waals surface area (Å²) < 4.78 is 37.8. The number of aliphatic hydroxyl groups is 1. The standard InChI is InChI=1S/C15H20F2O3/c1-3-20-11-4-9(5-11)6-14(18)15-12(16)7-10(19-2)8-13(15)17/h7-9,11,14,18H,3-6H2,1-2H3. The predicted octanol–water partition coefficient (Wildman–Crippen LogP) is 3.21. The highest BCUT2D eigenvalue weighted by atomic mass is 19.1. The van der Waals surface area contributed by atoms with Gasteiger partial charge in [-0.1, -0.05) is 0 Å². The lowest BCUT2D eigenvalue weighted by Crippen LogP contribution is -2.32. The summed E-state index contributed by atoms with van der Waals surface area (Å²) in [6.45, 7) is 2.60. The lowest BCUT2D eigenvalue weighted by atomic mass is 9.77. The van der Waals surface area contributed by atoms with E-state index in [9.17, 15) is 13.9 Å². The third-order valence-corrected chi connectivity index (χ3v) is 3.77. The second-order valence-corrected chi connectivity index (χ2v) is 5.17. The van der Waals surface area contributed by atoms with E-state index < -0.39 is 17.7 Å². The second-order valence-electron chi connectivity index (χ2n) is 5.17. The average molecular weight is 286 g/mol. The molecule has 0 amide bonds. The SMILES string of the molecule is CCOC1CC(CC(O)c2c(F)cc(OC)cc2F)C1. The van der Waals surface area contributed by atoms with Gasteiger partial charge in [0.15, 0.2) is 0 Å². The Bertz CT molecular complexity index is 435. The maximum atomic E-state index is 13.8. The van der Waals surface area contributed by atoms with Crippen molar-refractivity contribution < 1.29 is 23.4 Å². The van der Waals surface area contributed by atoms with E-state index in [1.165, 1.54) is 7.11 Å². The molecule has 0 aromatic heterocycles. The van der Waals surface area contributed by atoms with Gasteiger partial charge in [0.05, 0.1) is 24.9 Å². The van der Waals surface area contributed by atoms with Gasteiger partial charge in [0, 0.05) is 18.7 Å². The highest BCUT2D eigenvalue weighted by molar-refractivity contribution is 5.31. The molecule has 1 fully saturated rings. The van der Waals surface area contributed by atoms with Gasteiger partial charge >= 0.3 is 0 Å². The Morgan fingerprint density at radius 3 is 2.40 bits per heavy atom. The van der Waals surface area contributed by atoms with Gasteiger partial charge in [-0.05, 0) is 32.1 Å². The first kappa shape index (κ1) is 15.2. The number of methoxy groups -OCH3 is 1. The molecule has 20 heavy (non-hydrogen) atoms. The van der Waals surface area contributed by atoms with Gasteiger partial charge in [-0.25, -0.2) is 8.78 Å². The molecule has 1 atom stereocenters. The predicted molar refractivity (Wildman–Crippen MR) is 70.6 cm³/mol. The van der Waals surface area contributed by atoms with Crippen LogP contribution in [0.5, 0.6) is 5.75 Å². The Morgan fingerprint density at radius 1 is 1.30 bits per heavy atom. The number of rotatable bonds is 6. The molecule has 2 rings (SSSR count). The van der Waals surface area contributed by atoms with Crippen LogP contribution in [0.15, 0.2) is 12.1 Å². The van der Waals surface area contributed by atoms with Crippen molar-refractivity contribution in [2.75, 3.05) is 13.7 Å². The van der Waals surface area contributed by atoms with Crippen molar-refractivity contribution >= 4 is 0 Å². The Balaban J connectivity index is 1.98. The maximum absolute atomic E-state index is 13.8. The van der Waals surface area contributed by atoms with E-state index in [4.69, 9.17) is 9.47 Å². The molecule has 1 aromatic rings. The van der Waals surface area contributed by atoms with E-state index in [2.05, 4.69) is 0 Å². The minimum atomic E-state index is -1.13. The Labute approximate surface area is 117 Å². The first-order chi connectivity index (χ1) is 9.55. The largest absolute Gasteiger partial charge is 0.497 e. The van der Waals surface area contributed by atoms with Gasteiger partial charge in [0.2, 0.25) is 0 Å². The van der Waals surface area contributed by atoms with E-state index in [-0.39, 0.29) is 23.3 Å². The van der Waals surface area contributed by atoms with Crippen LogP contribution in [0, 0.1) is 17.6 Å². The summed E-state index contributed by atoms with van der Waals surface area (Å²) in [6.07, 6.45) is 1.12. The Morgan fingerprint density at radius 2 is 1.90 bits per heavy atom. The number of ether oxygens (including phenoxy) is 2. The fraction of sp³-hybridized carbons (Fsp3) is 0.600. The molecule has 5 heteroatoms. The molecule has 0 saturated heterocycles.